The number of hydrogen-bond donors (Lipinski definition) is 1. The van der Waals surface area contributed by atoms with Crippen molar-refractivity contribution >= 4 is 43.3 Å². The molecule has 0 spiro atoms. The summed E-state index contributed by atoms with van der Waals surface area (Å²) in [7, 11) is -3.64. The van der Waals surface area contributed by atoms with Gasteiger partial charge in [0.1, 0.15) is 9.77 Å². The summed E-state index contributed by atoms with van der Waals surface area (Å²) in [5, 5.41) is 8.91. The van der Waals surface area contributed by atoms with Gasteiger partial charge in [-0.2, -0.15) is 4.31 Å². The summed E-state index contributed by atoms with van der Waals surface area (Å²) in [5.74, 6) is -1.12. The first-order valence-electron chi connectivity index (χ1n) is 5.87. The van der Waals surface area contributed by atoms with Crippen LogP contribution in [0.2, 0.25) is 0 Å². The molecule has 1 rings (SSSR count). The molecule has 0 radical (unpaired) electrons. The Morgan fingerprint density at radius 3 is 2.26 bits per heavy atom. The third-order valence-electron chi connectivity index (χ3n) is 2.43. The molecule has 0 amide bonds. The van der Waals surface area contributed by atoms with E-state index < -0.39 is 16.0 Å². The first-order valence-corrected chi connectivity index (χ1v) is 8.92. The first-order chi connectivity index (χ1) is 8.84. The molecule has 1 heterocycles. The van der Waals surface area contributed by atoms with Gasteiger partial charge in [-0.25, -0.2) is 13.2 Å². The minimum atomic E-state index is -3.64. The molecule has 5 nitrogen and oxygen atoms in total. The molecule has 1 N–H and O–H groups in total. The fourth-order valence-electron chi connectivity index (χ4n) is 1.62. The first kappa shape index (κ1) is 16.6. The van der Waals surface area contributed by atoms with Crippen molar-refractivity contribution in [2.24, 2.45) is 0 Å². The highest BCUT2D eigenvalue weighted by atomic mass is 79.9. The lowest BCUT2D eigenvalue weighted by atomic mass is 10.4. The van der Waals surface area contributed by atoms with Gasteiger partial charge in [-0.15, -0.1) is 11.3 Å². The van der Waals surface area contributed by atoms with E-state index in [9.17, 15) is 13.2 Å². The maximum Gasteiger partial charge on any atom is 0.345 e. The quantitative estimate of drug-likeness (QED) is 0.801. The standard InChI is InChI=1S/C11H16BrNO4S2/c1-3-5-13(6-4-2)19(16,17)9-7-8(11(14)15)18-10(9)12/h7H,3-6H2,1-2H3,(H,14,15). The number of carboxylic acid groups (broad SMARTS) is 1. The Labute approximate surface area is 125 Å². The number of sulfonamides is 1. The Kier molecular flexibility index (Phi) is 5.97. The van der Waals surface area contributed by atoms with E-state index in [0.717, 1.165) is 11.3 Å². The van der Waals surface area contributed by atoms with E-state index in [1.807, 2.05) is 13.8 Å². The molecule has 0 unspecified atom stereocenters. The molecule has 0 saturated heterocycles. The monoisotopic (exact) mass is 369 g/mol. The van der Waals surface area contributed by atoms with Crippen LogP contribution < -0.4 is 0 Å². The van der Waals surface area contributed by atoms with Crippen LogP contribution in [-0.4, -0.2) is 36.9 Å². The Morgan fingerprint density at radius 2 is 1.89 bits per heavy atom. The summed E-state index contributed by atoms with van der Waals surface area (Å²) < 4.78 is 26.7. The van der Waals surface area contributed by atoms with Crippen LogP contribution in [0.4, 0.5) is 0 Å². The van der Waals surface area contributed by atoms with E-state index in [1.165, 1.54) is 10.4 Å². The lowest BCUT2D eigenvalue weighted by Gasteiger charge is -2.20. The van der Waals surface area contributed by atoms with Crippen molar-refractivity contribution in [2.45, 2.75) is 31.6 Å². The zero-order valence-electron chi connectivity index (χ0n) is 10.7. The lowest BCUT2D eigenvalue weighted by Crippen LogP contribution is -2.32. The molecule has 0 aliphatic rings. The highest BCUT2D eigenvalue weighted by Crippen LogP contribution is 2.33. The molecule has 1 aromatic heterocycles. The van der Waals surface area contributed by atoms with Crippen molar-refractivity contribution in [3.63, 3.8) is 0 Å². The fourth-order valence-corrected chi connectivity index (χ4v) is 5.60. The summed E-state index contributed by atoms with van der Waals surface area (Å²) in [6.45, 7) is 4.68. The molecule has 0 fully saturated rings. The normalized spacial score (nSPS) is 12.0. The minimum absolute atomic E-state index is 0.0124. The van der Waals surface area contributed by atoms with E-state index >= 15 is 0 Å². The maximum absolute atomic E-state index is 12.5. The summed E-state index contributed by atoms with van der Waals surface area (Å²) in [4.78, 5) is 10.9. The van der Waals surface area contributed by atoms with E-state index in [1.54, 1.807) is 0 Å². The average molecular weight is 370 g/mol. The van der Waals surface area contributed by atoms with Gasteiger partial charge in [-0.05, 0) is 34.8 Å². The Hall–Kier alpha value is -0.440. The number of aromatic carboxylic acids is 1. The van der Waals surface area contributed by atoms with Gasteiger partial charge in [0.05, 0.1) is 3.79 Å². The number of hydrogen-bond acceptors (Lipinski definition) is 4. The predicted molar refractivity (Wildman–Crippen MR) is 78.3 cm³/mol. The van der Waals surface area contributed by atoms with Crippen LogP contribution in [-0.2, 0) is 10.0 Å². The summed E-state index contributed by atoms with van der Waals surface area (Å²) in [6.07, 6.45) is 1.43. The van der Waals surface area contributed by atoms with Crippen LogP contribution >= 0.6 is 27.3 Å². The molecule has 0 aromatic carbocycles. The predicted octanol–water partition coefficient (Wildman–Crippen LogP) is 3.02. The Balaban J connectivity index is 3.20. The van der Waals surface area contributed by atoms with E-state index in [4.69, 9.17) is 5.11 Å². The molecule has 108 valence electrons. The highest BCUT2D eigenvalue weighted by Gasteiger charge is 2.28. The van der Waals surface area contributed by atoms with Crippen molar-refractivity contribution in [3.05, 3.63) is 14.7 Å². The number of thiophene rings is 1. The minimum Gasteiger partial charge on any atom is -0.477 e. The van der Waals surface area contributed by atoms with Crippen molar-refractivity contribution in [2.75, 3.05) is 13.1 Å². The van der Waals surface area contributed by atoms with E-state index in [-0.39, 0.29) is 9.77 Å². The number of rotatable bonds is 7. The summed E-state index contributed by atoms with van der Waals surface area (Å²) in [6, 6.07) is 1.21. The molecule has 8 heteroatoms. The summed E-state index contributed by atoms with van der Waals surface area (Å²) in [5.41, 5.74) is 0. The highest BCUT2D eigenvalue weighted by molar-refractivity contribution is 9.11. The van der Waals surface area contributed by atoms with Crippen LogP contribution in [0.1, 0.15) is 36.4 Å². The number of nitrogens with zero attached hydrogens (tertiary/aromatic N) is 1. The Morgan fingerprint density at radius 1 is 1.37 bits per heavy atom. The number of halogens is 1. The molecule has 1 aromatic rings. The molecular weight excluding hydrogens is 354 g/mol. The van der Waals surface area contributed by atoms with Gasteiger partial charge in [-0.3, -0.25) is 0 Å². The number of carboxylic acids is 1. The van der Waals surface area contributed by atoms with Gasteiger partial charge in [0.25, 0.3) is 0 Å². The molecule has 0 atom stereocenters. The maximum atomic E-state index is 12.5. The van der Waals surface area contributed by atoms with Gasteiger partial charge in [0.15, 0.2) is 0 Å². The second-order valence-electron chi connectivity index (χ2n) is 3.96. The average Bonchev–Trinajstić information content (AvgIpc) is 2.72. The molecule has 0 bridgehead atoms. The van der Waals surface area contributed by atoms with E-state index in [2.05, 4.69) is 15.9 Å². The summed E-state index contributed by atoms with van der Waals surface area (Å²) >= 11 is 4.06. The van der Waals surface area contributed by atoms with Gasteiger partial charge < -0.3 is 5.11 Å². The largest absolute Gasteiger partial charge is 0.477 e. The van der Waals surface area contributed by atoms with Crippen molar-refractivity contribution < 1.29 is 18.3 Å². The second kappa shape index (κ2) is 6.83. The lowest BCUT2D eigenvalue weighted by molar-refractivity contribution is 0.0702. The van der Waals surface area contributed by atoms with Gasteiger partial charge in [0.2, 0.25) is 10.0 Å². The van der Waals surface area contributed by atoms with Crippen molar-refractivity contribution in [1.82, 2.24) is 4.31 Å². The van der Waals surface area contributed by atoms with Crippen LogP contribution in [0, 0.1) is 0 Å². The number of carbonyl (C=O) groups is 1. The Bertz CT molecular complexity index is 547. The van der Waals surface area contributed by atoms with Gasteiger partial charge >= 0.3 is 5.97 Å². The van der Waals surface area contributed by atoms with Crippen molar-refractivity contribution in [1.29, 1.82) is 0 Å². The molecule has 0 aliphatic heterocycles. The molecular formula is C11H16BrNO4S2. The third-order valence-corrected chi connectivity index (χ3v) is 6.57. The molecule has 0 saturated carbocycles. The smallest absolute Gasteiger partial charge is 0.345 e. The molecule has 19 heavy (non-hydrogen) atoms. The zero-order valence-corrected chi connectivity index (χ0v) is 13.9. The van der Waals surface area contributed by atoms with Crippen molar-refractivity contribution in [3.8, 4) is 0 Å². The SMILES string of the molecule is CCCN(CCC)S(=O)(=O)c1cc(C(=O)O)sc1Br. The second-order valence-corrected chi connectivity index (χ2v) is 8.23. The van der Waals surface area contributed by atoms with Crippen LogP contribution in [0.5, 0.6) is 0 Å². The molecule has 0 aliphatic carbocycles. The van der Waals surface area contributed by atoms with Crippen LogP contribution in [0.25, 0.3) is 0 Å². The van der Waals surface area contributed by atoms with Gasteiger partial charge in [0, 0.05) is 13.1 Å². The van der Waals surface area contributed by atoms with Crippen LogP contribution in [0.3, 0.4) is 0 Å². The zero-order chi connectivity index (χ0) is 14.6. The van der Waals surface area contributed by atoms with Gasteiger partial charge in [-0.1, -0.05) is 13.8 Å². The fraction of sp³-hybridized carbons (Fsp3) is 0.545. The third kappa shape index (κ3) is 3.77. The van der Waals surface area contributed by atoms with Crippen LogP contribution in [0.15, 0.2) is 14.7 Å². The van der Waals surface area contributed by atoms with E-state index in [0.29, 0.717) is 29.7 Å². The topological polar surface area (TPSA) is 74.7 Å².